The van der Waals surface area contributed by atoms with Crippen molar-refractivity contribution in [2.24, 2.45) is 5.10 Å². The summed E-state index contributed by atoms with van der Waals surface area (Å²) < 4.78 is 23.3. The van der Waals surface area contributed by atoms with Gasteiger partial charge in [0.1, 0.15) is 5.58 Å². The van der Waals surface area contributed by atoms with Crippen LogP contribution in [-0.4, -0.2) is 41.7 Å². The molecule has 2 heterocycles. The minimum atomic E-state index is -0.908. The highest BCUT2D eigenvalue weighted by molar-refractivity contribution is 6.32. The third-order valence-corrected chi connectivity index (χ3v) is 6.46. The molecule has 2 aromatic heterocycles. The van der Waals surface area contributed by atoms with Crippen molar-refractivity contribution in [3.05, 3.63) is 86.6 Å². The van der Waals surface area contributed by atoms with Crippen molar-refractivity contribution in [1.29, 1.82) is 0 Å². The van der Waals surface area contributed by atoms with Gasteiger partial charge < -0.3 is 18.6 Å². The monoisotopic (exact) mass is 579 g/mol. The third-order valence-electron chi connectivity index (χ3n) is 5.94. The number of aromatic nitrogens is 2. The maximum Gasteiger partial charge on any atom is 0.347 e. The van der Waals surface area contributed by atoms with Crippen LogP contribution in [0.4, 0.5) is 0 Å². The number of ether oxygens (including phenoxy) is 3. The van der Waals surface area contributed by atoms with Crippen molar-refractivity contribution in [2.75, 3.05) is 13.7 Å². The summed E-state index contributed by atoms with van der Waals surface area (Å²) in [6.45, 7) is 3.48. The quantitative estimate of drug-likeness (QED) is 0.156. The van der Waals surface area contributed by atoms with Crippen LogP contribution in [0.25, 0.3) is 33.5 Å². The molecule has 0 aliphatic rings. The molecule has 0 N–H and O–H groups in total. The van der Waals surface area contributed by atoms with Gasteiger partial charge in [-0.3, -0.25) is 4.79 Å². The van der Waals surface area contributed by atoms with Crippen molar-refractivity contribution in [3.8, 4) is 23.1 Å². The van der Waals surface area contributed by atoms with E-state index in [1.165, 1.54) is 13.3 Å². The third kappa shape index (κ3) is 5.38. The summed E-state index contributed by atoms with van der Waals surface area (Å²) in [4.78, 5) is 30.2. The van der Waals surface area contributed by atoms with E-state index in [9.17, 15) is 9.59 Å². The van der Waals surface area contributed by atoms with Gasteiger partial charge in [0.05, 0.1) is 35.9 Å². The SMILES string of the molecule is CCOC(=O)[C@@H](C)Oc1c(Cl)cc(C=Nn2c(-c3cc4cc(Cl)ccc4o3)nc3ccccc3c2=O)cc1OC. The summed E-state index contributed by atoms with van der Waals surface area (Å²) in [5.74, 6) is 0.449. The van der Waals surface area contributed by atoms with Gasteiger partial charge in [-0.15, -0.1) is 0 Å². The average Bonchev–Trinajstić information content (AvgIpc) is 3.36. The Labute approximate surface area is 238 Å². The molecule has 0 saturated carbocycles. The zero-order valence-corrected chi connectivity index (χ0v) is 23.2. The number of methoxy groups -OCH3 is 1. The lowest BCUT2D eigenvalue weighted by Gasteiger charge is -2.17. The first kappa shape index (κ1) is 27.2. The number of nitrogens with zero attached hydrogens (tertiary/aromatic N) is 3. The number of carbonyl (C=O) groups excluding carboxylic acids is 1. The Kier molecular flexibility index (Phi) is 7.77. The molecule has 0 radical (unpaired) electrons. The molecule has 3 aromatic carbocycles. The zero-order chi connectivity index (χ0) is 28.4. The summed E-state index contributed by atoms with van der Waals surface area (Å²) in [5, 5.41) is 6.32. The average molecular weight is 580 g/mol. The minimum absolute atomic E-state index is 0.174. The van der Waals surface area contributed by atoms with E-state index in [0.717, 1.165) is 10.1 Å². The number of fused-ring (bicyclic) bond motifs is 2. The first-order valence-corrected chi connectivity index (χ1v) is 13.0. The van der Waals surface area contributed by atoms with E-state index in [-0.39, 0.29) is 29.0 Å². The molecule has 0 bridgehead atoms. The fourth-order valence-corrected chi connectivity index (χ4v) is 4.50. The Morgan fingerprint density at radius 2 is 1.95 bits per heavy atom. The van der Waals surface area contributed by atoms with Crippen molar-refractivity contribution >= 4 is 57.3 Å². The van der Waals surface area contributed by atoms with Crippen LogP contribution in [0.15, 0.2) is 75.0 Å². The van der Waals surface area contributed by atoms with Gasteiger partial charge in [0, 0.05) is 10.4 Å². The van der Waals surface area contributed by atoms with Gasteiger partial charge in [0.15, 0.2) is 23.4 Å². The van der Waals surface area contributed by atoms with Crippen LogP contribution in [0.5, 0.6) is 11.5 Å². The normalized spacial score (nSPS) is 12.2. The summed E-state index contributed by atoms with van der Waals surface area (Å²) in [7, 11) is 1.44. The molecule has 1 atom stereocenters. The number of carbonyl (C=O) groups is 1. The number of rotatable bonds is 8. The van der Waals surface area contributed by atoms with Crippen LogP contribution in [0, 0.1) is 0 Å². The van der Waals surface area contributed by atoms with Gasteiger partial charge >= 0.3 is 5.97 Å². The van der Waals surface area contributed by atoms with Crippen LogP contribution in [0.2, 0.25) is 10.0 Å². The number of hydrogen-bond donors (Lipinski definition) is 0. The number of halogens is 2. The Morgan fingerprint density at radius 3 is 2.73 bits per heavy atom. The van der Waals surface area contributed by atoms with Gasteiger partial charge in [0.2, 0.25) is 5.82 Å². The van der Waals surface area contributed by atoms with Gasteiger partial charge in [-0.05, 0) is 67.9 Å². The molecule has 0 fully saturated rings. The summed E-state index contributed by atoms with van der Waals surface area (Å²) in [5.41, 5.74) is 1.19. The molecule has 5 rings (SSSR count). The fraction of sp³-hybridized carbons (Fsp3) is 0.172. The molecule has 40 heavy (non-hydrogen) atoms. The second kappa shape index (κ2) is 11.4. The number of para-hydroxylation sites is 1. The Bertz CT molecular complexity index is 1830. The highest BCUT2D eigenvalue weighted by Crippen LogP contribution is 2.37. The molecule has 0 unspecified atom stereocenters. The van der Waals surface area contributed by atoms with E-state index >= 15 is 0 Å². The van der Waals surface area contributed by atoms with Crippen LogP contribution >= 0.6 is 23.2 Å². The fourth-order valence-electron chi connectivity index (χ4n) is 4.05. The molecule has 0 aliphatic carbocycles. The molecular weight excluding hydrogens is 557 g/mol. The van der Waals surface area contributed by atoms with Gasteiger partial charge in [-0.1, -0.05) is 35.3 Å². The molecule has 5 aromatic rings. The maximum absolute atomic E-state index is 13.5. The molecule has 9 nitrogen and oxygen atoms in total. The molecule has 0 spiro atoms. The largest absolute Gasteiger partial charge is 0.493 e. The lowest BCUT2D eigenvalue weighted by Crippen LogP contribution is -2.26. The van der Waals surface area contributed by atoms with Crippen LogP contribution in [0.3, 0.4) is 0 Å². The summed E-state index contributed by atoms with van der Waals surface area (Å²) in [6.07, 6.45) is 0.530. The summed E-state index contributed by atoms with van der Waals surface area (Å²) >= 11 is 12.6. The zero-order valence-electron chi connectivity index (χ0n) is 21.7. The lowest BCUT2D eigenvalue weighted by molar-refractivity contribution is -0.150. The Balaban J connectivity index is 1.58. The lowest BCUT2D eigenvalue weighted by atomic mass is 10.2. The molecular formula is C29H23Cl2N3O6. The molecule has 0 saturated heterocycles. The van der Waals surface area contributed by atoms with E-state index in [2.05, 4.69) is 10.1 Å². The van der Waals surface area contributed by atoms with E-state index in [1.54, 1.807) is 74.5 Å². The van der Waals surface area contributed by atoms with Crippen LogP contribution in [-0.2, 0) is 9.53 Å². The first-order chi connectivity index (χ1) is 19.3. The predicted molar refractivity (Wildman–Crippen MR) is 154 cm³/mol. The van der Waals surface area contributed by atoms with E-state index < -0.39 is 17.6 Å². The van der Waals surface area contributed by atoms with Crippen molar-refractivity contribution in [2.45, 2.75) is 20.0 Å². The minimum Gasteiger partial charge on any atom is -0.493 e. The van der Waals surface area contributed by atoms with E-state index in [1.807, 2.05) is 0 Å². The molecule has 0 amide bonds. The smallest absolute Gasteiger partial charge is 0.347 e. The number of hydrogen-bond acceptors (Lipinski definition) is 8. The van der Waals surface area contributed by atoms with Crippen LogP contribution < -0.4 is 15.0 Å². The number of benzene rings is 3. The summed E-state index contributed by atoms with van der Waals surface area (Å²) in [6, 6.07) is 17.1. The second-order valence-corrected chi connectivity index (χ2v) is 9.50. The van der Waals surface area contributed by atoms with Gasteiger partial charge in [-0.2, -0.15) is 9.78 Å². The Morgan fingerprint density at radius 1 is 1.15 bits per heavy atom. The standard InChI is InChI=1S/C29H23Cl2N3O6/c1-4-38-29(36)16(2)39-26-21(31)11-17(12-24(26)37-3)15-32-34-27(33-22-8-6-5-7-20(22)28(34)35)25-14-18-13-19(30)9-10-23(18)40-25/h5-16H,4H2,1-3H3/t16-/m1/s1. The Hall–Kier alpha value is -4.34. The van der Waals surface area contributed by atoms with Crippen molar-refractivity contribution < 1.29 is 23.4 Å². The van der Waals surface area contributed by atoms with Gasteiger partial charge in [-0.25, -0.2) is 9.78 Å². The highest BCUT2D eigenvalue weighted by Gasteiger charge is 2.21. The van der Waals surface area contributed by atoms with Crippen molar-refractivity contribution in [3.63, 3.8) is 0 Å². The van der Waals surface area contributed by atoms with Crippen LogP contribution in [0.1, 0.15) is 19.4 Å². The van der Waals surface area contributed by atoms with Crippen molar-refractivity contribution in [1.82, 2.24) is 9.66 Å². The number of esters is 1. The van der Waals surface area contributed by atoms with E-state index in [0.29, 0.717) is 32.8 Å². The molecule has 0 aliphatic heterocycles. The van der Waals surface area contributed by atoms with E-state index in [4.69, 9.17) is 41.8 Å². The number of furan rings is 1. The highest BCUT2D eigenvalue weighted by atomic mass is 35.5. The molecule has 204 valence electrons. The topological polar surface area (TPSA) is 105 Å². The second-order valence-electron chi connectivity index (χ2n) is 8.65. The maximum atomic E-state index is 13.5. The first-order valence-electron chi connectivity index (χ1n) is 12.3. The predicted octanol–water partition coefficient (Wildman–Crippen LogP) is 6.34. The van der Waals surface area contributed by atoms with Gasteiger partial charge in [0.25, 0.3) is 5.56 Å². The molecule has 11 heteroatoms.